The van der Waals surface area contributed by atoms with Gasteiger partial charge in [0.15, 0.2) is 0 Å². The van der Waals surface area contributed by atoms with Gasteiger partial charge in [-0.25, -0.2) is 4.98 Å². The number of nitrogens with zero attached hydrogens (tertiary/aromatic N) is 2. The van der Waals surface area contributed by atoms with Crippen molar-refractivity contribution in [3.63, 3.8) is 0 Å². The molecule has 4 heteroatoms. The van der Waals surface area contributed by atoms with Gasteiger partial charge < -0.3 is 10.2 Å². The number of thioether (sulfide) groups is 1. The van der Waals surface area contributed by atoms with Crippen molar-refractivity contribution in [3.05, 3.63) is 35.9 Å². The van der Waals surface area contributed by atoms with E-state index in [-0.39, 0.29) is 0 Å². The summed E-state index contributed by atoms with van der Waals surface area (Å²) in [5, 5.41) is 5.40. The monoisotopic (exact) mass is 301 g/mol. The van der Waals surface area contributed by atoms with Crippen LogP contribution in [0.4, 0.5) is 5.82 Å². The van der Waals surface area contributed by atoms with Gasteiger partial charge in [-0.2, -0.15) is 11.8 Å². The number of pyridine rings is 1. The van der Waals surface area contributed by atoms with E-state index >= 15 is 0 Å². The number of para-hydroxylation sites is 1. The summed E-state index contributed by atoms with van der Waals surface area (Å²) in [6.07, 6.45) is 0. The van der Waals surface area contributed by atoms with Gasteiger partial charge in [-0.3, -0.25) is 0 Å². The lowest BCUT2D eigenvalue weighted by molar-refractivity contribution is 0.727. The summed E-state index contributed by atoms with van der Waals surface area (Å²) in [5.41, 5.74) is 2.46. The Hall–Kier alpha value is -1.26. The van der Waals surface area contributed by atoms with Crippen molar-refractivity contribution in [2.24, 2.45) is 0 Å². The van der Waals surface area contributed by atoms with Crippen LogP contribution >= 0.6 is 11.8 Å². The number of hydrogen-bond donors (Lipinski definition) is 1. The Morgan fingerprint density at radius 1 is 1.38 bits per heavy atom. The Balaban J connectivity index is 1.98. The van der Waals surface area contributed by atoms with Gasteiger partial charge in [-0.05, 0) is 24.2 Å². The lowest BCUT2D eigenvalue weighted by Crippen LogP contribution is -2.37. The molecule has 0 bridgehead atoms. The number of fused-ring (bicyclic) bond motifs is 1. The van der Waals surface area contributed by atoms with Gasteiger partial charge in [0, 0.05) is 36.0 Å². The van der Waals surface area contributed by atoms with Gasteiger partial charge in [0.2, 0.25) is 0 Å². The highest BCUT2D eigenvalue weighted by molar-refractivity contribution is 8.00. The van der Waals surface area contributed by atoms with Gasteiger partial charge in [0.25, 0.3) is 0 Å². The van der Waals surface area contributed by atoms with Crippen LogP contribution in [0.2, 0.25) is 0 Å². The van der Waals surface area contributed by atoms with E-state index in [2.05, 4.69) is 66.2 Å². The second kappa shape index (κ2) is 6.67. The van der Waals surface area contributed by atoms with Gasteiger partial charge >= 0.3 is 0 Å². The minimum Gasteiger partial charge on any atom is -0.355 e. The molecular weight excluding hydrogens is 278 g/mol. The highest BCUT2D eigenvalue weighted by atomic mass is 32.2. The van der Waals surface area contributed by atoms with Crippen LogP contribution < -0.4 is 10.2 Å². The third-order valence-electron chi connectivity index (χ3n) is 3.92. The number of aromatic nitrogens is 1. The van der Waals surface area contributed by atoms with Crippen LogP contribution in [0, 0.1) is 0 Å². The van der Waals surface area contributed by atoms with E-state index in [0.29, 0.717) is 5.25 Å². The predicted molar refractivity (Wildman–Crippen MR) is 93.3 cm³/mol. The van der Waals surface area contributed by atoms with Crippen molar-refractivity contribution in [2.75, 3.05) is 30.3 Å². The molecule has 0 amide bonds. The average Bonchev–Trinajstić information content (AvgIpc) is 2.52. The normalized spacial score (nSPS) is 19.1. The number of nitrogens with one attached hydrogen (secondary N) is 1. The molecule has 1 atom stereocenters. The smallest absolute Gasteiger partial charge is 0.129 e. The summed E-state index contributed by atoms with van der Waals surface area (Å²) >= 11 is 2.06. The fourth-order valence-corrected chi connectivity index (χ4v) is 3.84. The Labute approximate surface area is 131 Å². The molecule has 2 aromatic rings. The molecule has 3 nitrogen and oxygen atoms in total. The average molecular weight is 301 g/mol. The summed E-state index contributed by atoms with van der Waals surface area (Å²) in [5.74, 6) is 2.33. The van der Waals surface area contributed by atoms with Gasteiger partial charge in [-0.15, -0.1) is 0 Å². The third kappa shape index (κ3) is 3.33. The van der Waals surface area contributed by atoms with E-state index in [9.17, 15) is 0 Å². The molecule has 1 aliphatic heterocycles. The molecule has 0 spiro atoms. The first-order valence-electron chi connectivity index (χ1n) is 7.74. The molecule has 2 heterocycles. The highest BCUT2D eigenvalue weighted by Gasteiger charge is 2.19. The predicted octanol–water partition coefficient (Wildman–Crippen LogP) is 3.29. The van der Waals surface area contributed by atoms with Crippen molar-refractivity contribution in [2.45, 2.75) is 25.6 Å². The molecule has 0 saturated carbocycles. The first kappa shape index (κ1) is 14.7. The maximum atomic E-state index is 4.89. The van der Waals surface area contributed by atoms with Crippen LogP contribution in [0.1, 0.15) is 19.4 Å². The molecule has 112 valence electrons. The van der Waals surface area contributed by atoms with E-state index in [1.807, 2.05) is 0 Å². The van der Waals surface area contributed by atoms with E-state index in [0.717, 1.165) is 37.5 Å². The summed E-state index contributed by atoms with van der Waals surface area (Å²) in [7, 11) is 0. The summed E-state index contributed by atoms with van der Waals surface area (Å²) < 4.78 is 0. The molecule has 1 N–H and O–H groups in total. The van der Waals surface area contributed by atoms with Crippen molar-refractivity contribution in [1.82, 2.24) is 10.3 Å². The van der Waals surface area contributed by atoms with Crippen LogP contribution in [-0.4, -0.2) is 35.6 Å². The van der Waals surface area contributed by atoms with Gasteiger partial charge in [-0.1, -0.05) is 32.0 Å². The second-order valence-electron chi connectivity index (χ2n) is 5.56. The zero-order chi connectivity index (χ0) is 14.7. The zero-order valence-corrected chi connectivity index (χ0v) is 13.6. The number of benzene rings is 1. The largest absolute Gasteiger partial charge is 0.355 e. The van der Waals surface area contributed by atoms with Crippen LogP contribution in [-0.2, 0) is 6.54 Å². The summed E-state index contributed by atoms with van der Waals surface area (Å²) in [6.45, 7) is 8.54. The van der Waals surface area contributed by atoms with Crippen LogP contribution in [0.3, 0.4) is 0 Å². The first-order valence-corrected chi connectivity index (χ1v) is 8.78. The third-order valence-corrected chi connectivity index (χ3v) is 5.06. The SMILES string of the molecule is CCNCc1cc(N2CCSC(C)C2)nc2ccccc12. The quantitative estimate of drug-likeness (QED) is 0.938. The van der Waals surface area contributed by atoms with E-state index in [4.69, 9.17) is 4.98 Å². The van der Waals surface area contributed by atoms with E-state index in [1.165, 1.54) is 16.7 Å². The first-order chi connectivity index (χ1) is 10.3. The molecule has 1 unspecified atom stereocenters. The van der Waals surface area contributed by atoms with Crippen LogP contribution in [0.25, 0.3) is 10.9 Å². The van der Waals surface area contributed by atoms with Crippen molar-refractivity contribution in [3.8, 4) is 0 Å². The molecule has 1 fully saturated rings. The van der Waals surface area contributed by atoms with Gasteiger partial charge in [0.1, 0.15) is 5.82 Å². The Bertz CT molecular complexity index is 614. The van der Waals surface area contributed by atoms with Crippen molar-refractivity contribution < 1.29 is 0 Å². The fraction of sp³-hybridized carbons (Fsp3) is 0.471. The number of anilines is 1. The maximum absolute atomic E-state index is 4.89. The molecule has 21 heavy (non-hydrogen) atoms. The molecular formula is C17H23N3S. The Kier molecular flexibility index (Phi) is 4.66. The topological polar surface area (TPSA) is 28.2 Å². The molecule has 0 radical (unpaired) electrons. The zero-order valence-electron chi connectivity index (χ0n) is 12.8. The minimum atomic E-state index is 0.684. The van der Waals surface area contributed by atoms with E-state index < -0.39 is 0 Å². The molecule has 1 aliphatic rings. The molecule has 1 saturated heterocycles. The molecule has 1 aromatic carbocycles. The fourth-order valence-electron chi connectivity index (χ4n) is 2.83. The number of rotatable bonds is 4. The van der Waals surface area contributed by atoms with Crippen LogP contribution in [0.5, 0.6) is 0 Å². The Morgan fingerprint density at radius 3 is 3.05 bits per heavy atom. The molecule has 3 rings (SSSR count). The Morgan fingerprint density at radius 2 is 2.24 bits per heavy atom. The lowest BCUT2D eigenvalue weighted by Gasteiger charge is -2.32. The summed E-state index contributed by atoms with van der Waals surface area (Å²) in [4.78, 5) is 7.32. The lowest BCUT2D eigenvalue weighted by atomic mass is 10.1. The standard InChI is InChI=1S/C17H23N3S/c1-3-18-11-14-10-17(20-8-9-21-13(2)12-20)19-16-7-5-4-6-15(14)16/h4-7,10,13,18H,3,8-9,11-12H2,1-2H3. The van der Waals surface area contributed by atoms with Gasteiger partial charge in [0.05, 0.1) is 5.52 Å². The van der Waals surface area contributed by atoms with Crippen molar-refractivity contribution >= 4 is 28.5 Å². The van der Waals surface area contributed by atoms with E-state index in [1.54, 1.807) is 0 Å². The summed E-state index contributed by atoms with van der Waals surface area (Å²) in [6, 6.07) is 10.7. The maximum Gasteiger partial charge on any atom is 0.129 e. The molecule has 0 aliphatic carbocycles. The number of hydrogen-bond acceptors (Lipinski definition) is 4. The second-order valence-corrected chi connectivity index (χ2v) is 7.11. The van der Waals surface area contributed by atoms with Crippen molar-refractivity contribution in [1.29, 1.82) is 0 Å². The molecule has 1 aromatic heterocycles. The highest BCUT2D eigenvalue weighted by Crippen LogP contribution is 2.26. The minimum absolute atomic E-state index is 0.684. The van der Waals surface area contributed by atoms with Crippen LogP contribution in [0.15, 0.2) is 30.3 Å².